The van der Waals surface area contributed by atoms with E-state index in [4.69, 9.17) is 19.7 Å². The number of likely N-dealkylation sites (tertiary alicyclic amines) is 3. The van der Waals surface area contributed by atoms with Gasteiger partial charge >= 0.3 is 0 Å². The summed E-state index contributed by atoms with van der Waals surface area (Å²) in [7, 11) is 0. The molecule has 394 valence electrons. The van der Waals surface area contributed by atoms with Crippen LogP contribution in [0.25, 0.3) is 21.7 Å². The molecular formula is C55H66N12O7S. The summed E-state index contributed by atoms with van der Waals surface area (Å²) in [5, 5.41) is 37.0. The number of phenolic OH excluding ortho intramolecular Hbond substituents is 1. The molecule has 0 saturated carbocycles. The molecule has 5 aliphatic heterocycles. The predicted molar refractivity (Wildman–Crippen MR) is 285 cm³/mol. The second-order valence-electron chi connectivity index (χ2n) is 21.1. The molecular weight excluding hydrogens is 973 g/mol. The molecule has 0 aliphatic carbocycles. The van der Waals surface area contributed by atoms with Crippen LogP contribution in [-0.4, -0.2) is 157 Å². The first-order valence-corrected chi connectivity index (χ1v) is 27.1. The van der Waals surface area contributed by atoms with E-state index in [1.807, 2.05) is 81.9 Å². The number of ether oxygens (including phenoxy) is 2. The fourth-order valence-electron chi connectivity index (χ4n) is 12.1. The number of hydrogen-bond acceptors (Lipinski definition) is 18. The number of piperazine rings is 2. The van der Waals surface area contributed by atoms with Crippen LogP contribution in [-0.2, 0) is 9.59 Å². The van der Waals surface area contributed by atoms with Gasteiger partial charge in [-0.05, 0) is 79.6 Å². The number of hydrogen-bond donors (Lipinski definition) is 4. The van der Waals surface area contributed by atoms with Gasteiger partial charge in [0.2, 0.25) is 17.7 Å². The van der Waals surface area contributed by atoms with Gasteiger partial charge in [-0.15, -0.1) is 21.5 Å². The first-order chi connectivity index (χ1) is 36.3. The van der Waals surface area contributed by atoms with Crippen LogP contribution in [0.2, 0.25) is 0 Å². The van der Waals surface area contributed by atoms with Crippen molar-refractivity contribution in [3.05, 3.63) is 102 Å². The van der Waals surface area contributed by atoms with E-state index in [0.717, 1.165) is 91.6 Å². The lowest BCUT2D eigenvalue weighted by molar-refractivity contribution is -0.141. The van der Waals surface area contributed by atoms with Crippen molar-refractivity contribution in [2.24, 2.45) is 5.92 Å². The van der Waals surface area contributed by atoms with Gasteiger partial charge in [0.1, 0.15) is 30.9 Å². The van der Waals surface area contributed by atoms with E-state index >= 15 is 0 Å². The Morgan fingerprint density at radius 2 is 1.57 bits per heavy atom. The van der Waals surface area contributed by atoms with E-state index in [-0.39, 0.29) is 54.6 Å². The van der Waals surface area contributed by atoms with Crippen molar-refractivity contribution in [2.45, 2.75) is 102 Å². The number of rotatable bonds is 18. The van der Waals surface area contributed by atoms with E-state index in [9.17, 15) is 19.8 Å². The molecule has 19 nitrogen and oxygen atoms in total. The molecule has 5 saturated heterocycles. The summed E-state index contributed by atoms with van der Waals surface area (Å²) in [6.45, 7) is 13.8. The number of para-hydroxylation sites is 1. The SMILES string of the molecule is Cc1ncsc1-c1ccc([C@H](C)NC(=O)[C@@H]2C[C@@H](O)CN2C(=O)[C@@H](c2cc(OCCN3C[C@H]4C[C@@H]3CN4CCOc3cc(N4C5CCC4CN(c4cc(-c6ccccc6O)nnc4N)C5)ccn3)no2)C(C)C)cc1. The predicted octanol–water partition coefficient (Wildman–Crippen LogP) is 5.90. The molecule has 0 radical (unpaired) electrons. The van der Waals surface area contributed by atoms with E-state index in [1.165, 1.54) is 4.90 Å². The fraction of sp³-hybridized carbons (Fsp3) is 0.473. The lowest BCUT2D eigenvalue weighted by Crippen LogP contribution is -2.54. The van der Waals surface area contributed by atoms with Crippen LogP contribution in [0.1, 0.15) is 75.4 Å². The van der Waals surface area contributed by atoms with Crippen LogP contribution in [0.3, 0.4) is 0 Å². The lowest BCUT2D eigenvalue weighted by Gasteiger charge is -2.43. The summed E-state index contributed by atoms with van der Waals surface area (Å²) in [5.74, 6) is 0.345. The summed E-state index contributed by atoms with van der Waals surface area (Å²) in [4.78, 5) is 49.4. The van der Waals surface area contributed by atoms with Crippen LogP contribution in [0.4, 0.5) is 17.2 Å². The zero-order valence-electron chi connectivity index (χ0n) is 42.9. The molecule has 2 amide bonds. The van der Waals surface area contributed by atoms with E-state index in [1.54, 1.807) is 29.5 Å². The molecule has 5 aliphatic rings. The number of amides is 2. The second-order valence-corrected chi connectivity index (χ2v) is 22.0. The summed E-state index contributed by atoms with van der Waals surface area (Å²) < 4.78 is 18.2. The molecule has 5 fully saturated rings. The second kappa shape index (κ2) is 21.4. The number of phenols is 1. The van der Waals surface area contributed by atoms with Gasteiger partial charge in [-0.1, -0.05) is 50.2 Å². The van der Waals surface area contributed by atoms with Crippen molar-refractivity contribution in [1.29, 1.82) is 0 Å². The van der Waals surface area contributed by atoms with Gasteiger partial charge < -0.3 is 50.0 Å². The number of aliphatic hydroxyl groups is 1. The number of benzene rings is 2. The maximum atomic E-state index is 14.3. The average molecular weight is 1040 g/mol. The Morgan fingerprint density at radius 1 is 0.853 bits per heavy atom. The minimum atomic E-state index is -0.829. The van der Waals surface area contributed by atoms with Crippen molar-refractivity contribution in [1.82, 2.24) is 45.3 Å². The number of aryl methyl sites for hydroxylation is 1. The zero-order chi connectivity index (χ0) is 51.9. The standard InChI is InChI=1S/C55H66N12O7S/c1-32(2)51(55(71)66-30-42(68)23-46(66)54(70)59-33(3)35-9-11-36(12-10-35)52-34(4)58-31-75-52)48-25-50(62-74-48)73-20-18-64-29-40-21-41(64)28-63(40)17-19-72-49-22-37(15-16-57-49)67-38-13-14-39(67)27-65(26-38)45-24-44(60-61-53(45)56)43-7-5-6-8-47(43)69/h5-12,15-16,22,24-25,31-33,38-42,46,51,68-69H,13-14,17-21,23,26-30H2,1-4H3,(H2,56,61)(H,59,70)/t33-,38?,39?,40+,41+,42+,46-,51+/m0/s1. The van der Waals surface area contributed by atoms with Crippen LogP contribution in [0, 0.1) is 12.8 Å². The van der Waals surface area contributed by atoms with Crippen molar-refractivity contribution in [3.63, 3.8) is 0 Å². The number of carbonyl (C=O) groups excluding carboxylic acids is 2. The number of fused-ring (bicyclic) bond motifs is 4. The molecule has 2 unspecified atom stereocenters. The molecule has 6 aromatic rings. The minimum absolute atomic E-state index is 0.0540. The molecule has 8 atom stereocenters. The maximum Gasteiger partial charge on any atom is 0.254 e. The highest BCUT2D eigenvalue weighted by molar-refractivity contribution is 7.13. The van der Waals surface area contributed by atoms with Crippen LogP contribution in [0.5, 0.6) is 17.5 Å². The Morgan fingerprint density at radius 3 is 2.25 bits per heavy atom. The third-order valence-electron chi connectivity index (χ3n) is 15.9. The van der Waals surface area contributed by atoms with Gasteiger partial charge in [0.15, 0.2) is 11.6 Å². The first kappa shape index (κ1) is 50.3. The number of β-amino-alcohol motifs (C(OH)–C–C–N with tert-alkyl or cyclic N) is 1. The molecule has 4 aromatic heterocycles. The maximum absolute atomic E-state index is 14.3. The number of aromatic hydroxyl groups is 1. The van der Waals surface area contributed by atoms with E-state index in [2.05, 4.69) is 62.4 Å². The number of nitrogens with zero attached hydrogens (tertiary/aromatic N) is 10. The number of nitrogens with one attached hydrogen (secondary N) is 1. The highest BCUT2D eigenvalue weighted by atomic mass is 32.1. The molecule has 2 aromatic carbocycles. The number of nitrogens with two attached hydrogens (primary N) is 1. The molecule has 0 spiro atoms. The van der Waals surface area contributed by atoms with Crippen molar-refractivity contribution in [2.75, 3.05) is 74.6 Å². The van der Waals surface area contributed by atoms with Gasteiger partial charge in [0.25, 0.3) is 5.88 Å². The lowest BCUT2D eigenvalue weighted by atomic mass is 9.91. The number of aliphatic hydroxyl groups excluding tert-OH is 1. The van der Waals surface area contributed by atoms with E-state index in [0.29, 0.717) is 59.9 Å². The molecule has 11 rings (SSSR count). The Hall–Kier alpha value is -6.87. The molecule has 75 heavy (non-hydrogen) atoms. The largest absolute Gasteiger partial charge is 0.507 e. The molecule has 5 N–H and O–H groups in total. The van der Waals surface area contributed by atoms with Crippen molar-refractivity contribution in [3.8, 4) is 39.2 Å². The summed E-state index contributed by atoms with van der Waals surface area (Å²) in [6.07, 6.45) is 4.39. The number of nitrogen functional groups attached to an aromatic ring is 1. The smallest absolute Gasteiger partial charge is 0.254 e. The molecule has 9 heterocycles. The summed E-state index contributed by atoms with van der Waals surface area (Å²) in [5.41, 5.74) is 14.4. The monoisotopic (exact) mass is 1040 g/mol. The molecule has 4 bridgehead atoms. The number of carbonyl (C=O) groups is 2. The Kier molecular flexibility index (Phi) is 14.4. The third-order valence-corrected chi connectivity index (χ3v) is 16.9. The van der Waals surface area contributed by atoms with Crippen molar-refractivity contribution < 1.29 is 33.8 Å². The number of thiazole rings is 1. The van der Waals surface area contributed by atoms with Crippen LogP contribution < -0.4 is 30.3 Å². The Labute approximate surface area is 440 Å². The van der Waals surface area contributed by atoms with Gasteiger partial charge in [0.05, 0.1) is 39.6 Å². The van der Waals surface area contributed by atoms with E-state index < -0.39 is 18.1 Å². The van der Waals surface area contributed by atoms with Crippen LogP contribution >= 0.6 is 11.3 Å². The van der Waals surface area contributed by atoms with Crippen LogP contribution in [0.15, 0.2) is 89.0 Å². The van der Waals surface area contributed by atoms with Crippen molar-refractivity contribution >= 4 is 40.3 Å². The van der Waals surface area contributed by atoms with Gasteiger partial charge in [-0.3, -0.25) is 19.4 Å². The Balaban J connectivity index is 0.627. The average Bonchev–Trinajstić information content (AvgIpc) is 4.29. The minimum Gasteiger partial charge on any atom is -0.507 e. The normalized spacial score (nSPS) is 23.3. The topological polar surface area (TPSA) is 225 Å². The number of anilines is 3. The highest BCUT2D eigenvalue weighted by Gasteiger charge is 2.45. The number of pyridine rings is 1. The highest BCUT2D eigenvalue weighted by Crippen LogP contribution is 2.40. The van der Waals surface area contributed by atoms with Gasteiger partial charge in [-0.25, -0.2) is 9.97 Å². The Bertz CT molecular complexity index is 2980. The summed E-state index contributed by atoms with van der Waals surface area (Å²) >= 11 is 1.59. The third kappa shape index (κ3) is 10.4. The van der Waals surface area contributed by atoms with Gasteiger partial charge in [-0.2, -0.15) is 0 Å². The zero-order valence-corrected chi connectivity index (χ0v) is 43.7. The van der Waals surface area contributed by atoms with Gasteiger partial charge in [0, 0.05) is 106 Å². The first-order valence-electron chi connectivity index (χ1n) is 26.3. The molecule has 20 heteroatoms. The number of aromatic nitrogens is 5. The summed E-state index contributed by atoms with van der Waals surface area (Å²) in [6, 6.07) is 23.2. The fourth-order valence-corrected chi connectivity index (χ4v) is 13.0. The quantitative estimate of drug-likeness (QED) is 0.0787.